The van der Waals surface area contributed by atoms with Crippen LogP contribution in [0.15, 0.2) is 18.3 Å². The lowest BCUT2D eigenvalue weighted by atomic mass is 9.94. The highest BCUT2D eigenvalue weighted by molar-refractivity contribution is 5.80. The normalized spacial score (nSPS) is 28.9. The third kappa shape index (κ3) is 2.70. The number of amides is 1. The van der Waals surface area contributed by atoms with E-state index in [2.05, 4.69) is 14.8 Å². The second kappa shape index (κ2) is 5.54. The van der Waals surface area contributed by atoms with Crippen molar-refractivity contribution in [2.75, 3.05) is 25.4 Å². The van der Waals surface area contributed by atoms with Gasteiger partial charge in [-0.1, -0.05) is 6.07 Å². The standard InChI is InChI=1S/C17H24N4O/c18-16-13(2-1-7-19-16)9-20-10-14-5-6-15(11-20)21(17(14)22)8-12-3-4-12/h1-2,7,12,14-15H,3-6,8-11H2,(H2,18,19)/t14-,15+/m0/s1. The Labute approximate surface area is 131 Å². The van der Waals surface area contributed by atoms with Crippen molar-refractivity contribution >= 4 is 11.7 Å². The van der Waals surface area contributed by atoms with Crippen molar-refractivity contribution in [3.05, 3.63) is 23.9 Å². The van der Waals surface area contributed by atoms with E-state index in [1.807, 2.05) is 12.1 Å². The molecule has 4 aliphatic rings. The number of piperidine rings is 1. The van der Waals surface area contributed by atoms with Gasteiger partial charge in [0.2, 0.25) is 5.91 Å². The molecule has 2 bridgehead atoms. The molecular formula is C17H24N4O. The van der Waals surface area contributed by atoms with Crippen LogP contribution in [0.5, 0.6) is 0 Å². The minimum absolute atomic E-state index is 0.176. The average molecular weight is 300 g/mol. The summed E-state index contributed by atoms with van der Waals surface area (Å²) in [7, 11) is 0. The molecule has 22 heavy (non-hydrogen) atoms. The number of nitrogens with two attached hydrogens (primary N) is 1. The molecule has 0 spiro atoms. The Balaban J connectivity index is 1.50. The molecule has 5 heteroatoms. The van der Waals surface area contributed by atoms with Crippen molar-refractivity contribution in [2.45, 2.75) is 38.3 Å². The monoisotopic (exact) mass is 300 g/mol. The SMILES string of the molecule is Nc1ncccc1CN1C[C@@H]2CC[C@H](C1)N(CC1CC1)C2=O. The van der Waals surface area contributed by atoms with Gasteiger partial charge in [0.25, 0.3) is 0 Å². The molecule has 4 fully saturated rings. The van der Waals surface area contributed by atoms with E-state index < -0.39 is 0 Å². The van der Waals surface area contributed by atoms with Crippen molar-refractivity contribution in [2.24, 2.45) is 11.8 Å². The Hall–Kier alpha value is -1.62. The molecule has 0 radical (unpaired) electrons. The average Bonchev–Trinajstić information content (AvgIpc) is 3.33. The number of carbonyl (C=O) groups is 1. The van der Waals surface area contributed by atoms with Crippen molar-refractivity contribution < 1.29 is 4.79 Å². The van der Waals surface area contributed by atoms with E-state index in [4.69, 9.17) is 5.73 Å². The van der Waals surface area contributed by atoms with E-state index in [-0.39, 0.29) is 5.92 Å². The van der Waals surface area contributed by atoms with Crippen molar-refractivity contribution in [3.8, 4) is 0 Å². The molecular weight excluding hydrogens is 276 g/mol. The maximum absolute atomic E-state index is 12.7. The first-order chi connectivity index (χ1) is 10.7. The first-order valence-electron chi connectivity index (χ1n) is 8.43. The number of aromatic nitrogens is 1. The van der Waals surface area contributed by atoms with Crippen LogP contribution in [0.25, 0.3) is 0 Å². The number of fused-ring (bicyclic) bond motifs is 4. The summed E-state index contributed by atoms with van der Waals surface area (Å²) in [6.45, 7) is 3.63. The van der Waals surface area contributed by atoms with Crippen LogP contribution in [0.2, 0.25) is 0 Å². The maximum atomic E-state index is 12.7. The Kier molecular flexibility index (Phi) is 3.53. The Bertz CT molecular complexity index is 572. The van der Waals surface area contributed by atoms with Crippen LogP contribution in [0.1, 0.15) is 31.2 Å². The van der Waals surface area contributed by atoms with E-state index in [1.54, 1.807) is 6.20 Å². The van der Waals surface area contributed by atoms with Gasteiger partial charge in [0.05, 0.1) is 5.92 Å². The number of nitrogen functional groups attached to an aromatic ring is 1. The topological polar surface area (TPSA) is 62.5 Å². The minimum Gasteiger partial charge on any atom is -0.383 e. The molecule has 1 amide bonds. The zero-order valence-corrected chi connectivity index (χ0v) is 12.9. The summed E-state index contributed by atoms with van der Waals surface area (Å²) in [5.41, 5.74) is 7.05. The first-order valence-corrected chi connectivity index (χ1v) is 8.43. The van der Waals surface area contributed by atoms with Crippen molar-refractivity contribution in [1.82, 2.24) is 14.8 Å². The third-order valence-electron chi connectivity index (χ3n) is 5.34. The summed E-state index contributed by atoms with van der Waals surface area (Å²) in [5, 5.41) is 0. The lowest BCUT2D eigenvalue weighted by Gasteiger charge is -2.36. The number of carbonyl (C=O) groups excluding carboxylic acids is 1. The molecule has 2 N–H and O–H groups in total. The number of nitrogens with zero attached hydrogens (tertiary/aromatic N) is 3. The van der Waals surface area contributed by atoms with Crippen LogP contribution in [-0.2, 0) is 11.3 Å². The largest absolute Gasteiger partial charge is 0.383 e. The second-order valence-electron chi connectivity index (χ2n) is 7.10. The number of hydrogen-bond acceptors (Lipinski definition) is 4. The van der Waals surface area contributed by atoms with Gasteiger partial charge in [0, 0.05) is 44.0 Å². The molecule has 0 unspecified atom stereocenters. The molecule has 1 aliphatic carbocycles. The predicted molar refractivity (Wildman–Crippen MR) is 84.9 cm³/mol. The Morgan fingerprint density at radius 1 is 1.23 bits per heavy atom. The number of anilines is 1. The van der Waals surface area contributed by atoms with Crippen LogP contribution in [0, 0.1) is 11.8 Å². The molecule has 4 heterocycles. The molecule has 5 rings (SSSR count). The highest BCUT2D eigenvalue weighted by Crippen LogP contribution is 2.35. The van der Waals surface area contributed by atoms with E-state index in [0.717, 1.165) is 50.5 Å². The summed E-state index contributed by atoms with van der Waals surface area (Å²) < 4.78 is 0. The molecule has 0 aromatic carbocycles. The highest BCUT2D eigenvalue weighted by Gasteiger charge is 2.42. The number of pyridine rings is 1. The van der Waals surface area contributed by atoms with E-state index in [1.165, 1.54) is 12.8 Å². The number of hydrogen-bond donors (Lipinski definition) is 1. The van der Waals surface area contributed by atoms with Gasteiger partial charge < -0.3 is 10.6 Å². The summed E-state index contributed by atoms with van der Waals surface area (Å²) in [6.07, 6.45) is 6.53. The highest BCUT2D eigenvalue weighted by atomic mass is 16.2. The minimum atomic E-state index is 0.176. The summed E-state index contributed by atoms with van der Waals surface area (Å²) in [5.74, 6) is 1.95. The molecule has 5 nitrogen and oxygen atoms in total. The molecule has 118 valence electrons. The zero-order chi connectivity index (χ0) is 15.1. The van der Waals surface area contributed by atoms with Crippen LogP contribution in [0.3, 0.4) is 0 Å². The fourth-order valence-electron chi connectivity index (χ4n) is 3.90. The second-order valence-corrected chi connectivity index (χ2v) is 7.10. The fraction of sp³-hybridized carbons (Fsp3) is 0.647. The molecule has 3 saturated heterocycles. The third-order valence-corrected chi connectivity index (χ3v) is 5.34. The van der Waals surface area contributed by atoms with Crippen LogP contribution < -0.4 is 5.73 Å². The summed E-state index contributed by atoms with van der Waals surface area (Å²) >= 11 is 0. The quantitative estimate of drug-likeness (QED) is 0.915. The lowest BCUT2D eigenvalue weighted by Crippen LogP contribution is -2.48. The van der Waals surface area contributed by atoms with Crippen LogP contribution in [-0.4, -0.2) is 46.4 Å². The van der Waals surface area contributed by atoms with Gasteiger partial charge in [-0.3, -0.25) is 9.69 Å². The molecule has 3 aliphatic heterocycles. The molecule has 2 atom stereocenters. The zero-order valence-electron chi connectivity index (χ0n) is 12.9. The maximum Gasteiger partial charge on any atom is 0.227 e. The molecule has 1 saturated carbocycles. The van der Waals surface area contributed by atoms with Gasteiger partial charge in [0.1, 0.15) is 5.82 Å². The molecule has 1 aromatic heterocycles. The van der Waals surface area contributed by atoms with Gasteiger partial charge in [-0.2, -0.15) is 0 Å². The Morgan fingerprint density at radius 3 is 2.86 bits per heavy atom. The fourth-order valence-corrected chi connectivity index (χ4v) is 3.90. The number of rotatable bonds is 4. The van der Waals surface area contributed by atoms with Gasteiger partial charge >= 0.3 is 0 Å². The van der Waals surface area contributed by atoms with Gasteiger partial charge in [0.15, 0.2) is 0 Å². The first kappa shape index (κ1) is 14.0. The van der Waals surface area contributed by atoms with Gasteiger partial charge in [-0.25, -0.2) is 4.98 Å². The van der Waals surface area contributed by atoms with E-state index >= 15 is 0 Å². The molecule has 1 aromatic rings. The smallest absolute Gasteiger partial charge is 0.227 e. The van der Waals surface area contributed by atoms with Crippen LogP contribution >= 0.6 is 0 Å². The van der Waals surface area contributed by atoms with Crippen LogP contribution in [0.4, 0.5) is 5.82 Å². The Morgan fingerprint density at radius 2 is 2.09 bits per heavy atom. The van der Waals surface area contributed by atoms with Gasteiger partial charge in [-0.15, -0.1) is 0 Å². The van der Waals surface area contributed by atoms with Gasteiger partial charge in [-0.05, 0) is 37.7 Å². The van der Waals surface area contributed by atoms with Crippen molar-refractivity contribution in [1.29, 1.82) is 0 Å². The van der Waals surface area contributed by atoms with E-state index in [0.29, 0.717) is 17.8 Å². The lowest BCUT2D eigenvalue weighted by molar-refractivity contribution is -0.140. The summed E-state index contributed by atoms with van der Waals surface area (Å²) in [6, 6.07) is 4.37. The van der Waals surface area contributed by atoms with E-state index in [9.17, 15) is 4.79 Å². The van der Waals surface area contributed by atoms with Crippen molar-refractivity contribution in [3.63, 3.8) is 0 Å². The predicted octanol–water partition coefficient (Wildman–Crippen LogP) is 1.50. The summed E-state index contributed by atoms with van der Waals surface area (Å²) in [4.78, 5) is 21.5.